The van der Waals surface area contributed by atoms with E-state index in [1.165, 1.54) is 40.0 Å². The highest BCUT2D eigenvalue weighted by molar-refractivity contribution is 8.01. The molecular weight excluding hydrogens is 438 g/mol. The molecule has 7 nitrogen and oxygen atoms in total. The Balaban J connectivity index is 1.26. The Hall–Kier alpha value is -2.69. The number of ether oxygens (including phenoxy) is 1. The third kappa shape index (κ3) is 5.26. The zero-order chi connectivity index (χ0) is 20.9. The molecule has 2 N–H and O–H groups in total. The molecule has 0 unspecified atom stereocenters. The van der Waals surface area contributed by atoms with Crippen molar-refractivity contribution in [3.8, 4) is 5.75 Å². The summed E-state index contributed by atoms with van der Waals surface area (Å²) in [5.74, 6) is 0.966. The molecule has 1 amide bonds. The zero-order valence-corrected chi connectivity index (χ0v) is 18.8. The van der Waals surface area contributed by atoms with Crippen molar-refractivity contribution in [3.05, 3.63) is 53.6 Å². The van der Waals surface area contributed by atoms with Crippen molar-refractivity contribution in [1.82, 2.24) is 15.2 Å². The van der Waals surface area contributed by atoms with Gasteiger partial charge in [-0.05, 0) is 42.3 Å². The van der Waals surface area contributed by atoms with Gasteiger partial charge in [-0.1, -0.05) is 52.6 Å². The fourth-order valence-electron chi connectivity index (χ4n) is 2.63. The molecule has 4 rings (SSSR count). The lowest BCUT2D eigenvalue weighted by atomic mass is 10.2. The maximum atomic E-state index is 12.3. The molecule has 154 valence electrons. The van der Waals surface area contributed by atoms with E-state index < -0.39 is 0 Å². The summed E-state index contributed by atoms with van der Waals surface area (Å²) in [5, 5.41) is 15.7. The van der Waals surface area contributed by atoms with Gasteiger partial charge >= 0.3 is 0 Å². The summed E-state index contributed by atoms with van der Waals surface area (Å²) < 4.78 is 6.96. The highest BCUT2D eigenvalue weighted by atomic mass is 32.2. The fraction of sp³-hybridized carbons (Fsp3) is 0.200. The molecular formula is C20H19N5O2S3. The highest BCUT2D eigenvalue weighted by Crippen LogP contribution is 2.28. The monoisotopic (exact) mass is 457 g/mol. The minimum atomic E-state index is -0.112. The fourth-order valence-corrected chi connectivity index (χ4v) is 5.16. The summed E-state index contributed by atoms with van der Waals surface area (Å²) in [6, 6.07) is 13.9. The summed E-state index contributed by atoms with van der Waals surface area (Å²) in [6.07, 6.45) is 0. The number of benzene rings is 2. The summed E-state index contributed by atoms with van der Waals surface area (Å²) in [7, 11) is 1.65. The number of aromatic nitrogens is 3. The van der Waals surface area contributed by atoms with E-state index in [0.29, 0.717) is 11.7 Å². The van der Waals surface area contributed by atoms with E-state index in [9.17, 15) is 4.79 Å². The summed E-state index contributed by atoms with van der Waals surface area (Å²) in [6.45, 7) is 2.68. The smallest absolute Gasteiger partial charge is 0.236 e. The van der Waals surface area contributed by atoms with Gasteiger partial charge in [-0.2, -0.15) is 0 Å². The average molecular weight is 458 g/mol. The number of nitrogens with one attached hydrogen (secondary N) is 2. The van der Waals surface area contributed by atoms with Crippen molar-refractivity contribution in [2.45, 2.75) is 17.8 Å². The molecule has 0 aliphatic carbocycles. The van der Waals surface area contributed by atoms with E-state index in [1.807, 2.05) is 43.3 Å². The molecule has 0 saturated heterocycles. The number of nitrogens with zero attached hydrogens (tertiary/aromatic N) is 3. The Morgan fingerprint density at radius 3 is 2.73 bits per heavy atom. The topological polar surface area (TPSA) is 89.0 Å². The largest absolute Gasteiger partial charge is 0.497 e. The van der Waals surface area contributed by atoms with Crippen LogP contribution in [0.2, 0.25) is 0 Å². The van der Waals surface area contributed by atoms with Crippen molar-refractivity contribution in [2.24, 2.45) is 0 Å². The summed E-state index contributed by atoms with van der Waals surface area (Å²) in [5.41, 5.74) is 3.18. The lowest BCUT2D eigenvalue weighted by Gasteiger charge is -2.03. The minimum Gasteiger partial charge on any atom is -0.497 e. The zero-order valence-electron chi connectivity index (χ0n) is 16.3. The number of fused-ring (bicyclic) bond motifs is 1. The molecule has 30 heavy (non-hydrogen) atoms. The maximum Gasteiger partial charge on any atom is 0.236 e. The Morgan fingerprint density at radius 1 is 1.10 bits per heavy atom. The van der Waals surface area contributed by atoms with Gasteiger partial charge in [0.1, 0.15) is 5.75 Å². The van der Waals surface area contributed by atoms with Gasteiger partial charge in [-0.15, -0.1) is 10.2 Å². The summed E-state index contributed by atoms with van der Waals surface area (Å²) >= 11 is 4.26. The van der Waals surface area contributed by atoms with Crippen LogP contribution in [0.25, 0.3) is 10.2 Å². The predicted octanol–water partition coefficient (Wildman–Crippen LogP) is 4.81. The first-order valence-electron chi connectivity index (χ1n) is 9.09. The van der Waals surface area contributed by atoms with E-state index in [1.54, 1.807) is 7.11 Å². The predicted molar refractivity (Wildman–Crippen MR) is 124 cm³/mol. The molecule has 2 aromatic heterocycles. The third-order valence-electron chi connectivity index (χ3n) is 4.13. The molecule has 0 saturated carbocycles. The van der Waals surface area contributed by atoms with Crippen LogP contribution in [0.15, 0.2) is 46.8 Å². The van der Waals surface area contributed by atoms with Crippen LogP contribution in [-0.4, -0.2) is 34.0 Å². The third-order valence-corrected chi connectivity index (χ3v) is 7.07. The lowest BCUT2D eigenvalue weighted by Crippen LogP contribution is -2.13. The van der Waals surface area contributed by atoms with Crippen LogP contribution in [0, 0.1) is 6.92 Å². The molecule has 2 heterocycles. The number of carbonyl (C=O) groups excluding carboxylic acids is 1. The standard InChI is InChI=1S/C20H19N5O2S3/c1-12-3-8-15-16(9-12)29-19(22-15)23-17(26)11-28-20-25-24-18(30-20)21-10-13-4-6-14(27-2)7-5-13/h3-9H,10-11H2,1-2H3,(H,21,24)(H,22,23,26). The van der Waals surface area contributed by atoms with Crippen LogP contribution in [0.5, 0.6) is 5.75 Å². The van der Waals surface area contributed by atoms with Gasteiger partial charge in [0, 0.05) is 6.54 Å². The number of thiazole rings is 1. The maximum absolute atomic E-state index is 12.3. The van der Waals surface area contributed by atoms with Gasteiger partial charge in [0.25, 0.3) is 0 Å². The highest BCUT2D eigenvalue weighted by Gasteiger charge is 2.11. The SMILES string of the molecule is COc1ccc(CNc2nnc(SCC(=O)Nc3nc4ccc(C)cc4s3)s2)cc1. The molecule has 0 spiro atoms. The van der Waals surface area contributed by atoms with Crippen LogP contribution in [0.3, 0.4) is 0 Å². The molecule has 4 aromatic rings. The summed E-state index contributed by atoms with van der Waals surface area (Å²) in [4.78, 5) is 16.7. The molecule has 0 fully saturated rings. The van der Waals surface area contributed by atoms with E-state index in [2.05, 4.69) is 31.9 Å². The first kappa shape index (κ1) is 20.6. The number of methoxy groups -OCH3 is 1. The van der Waals surface area contributed by atoms with Crippen LogP contribution in [0.4, 0.5) is 10.3 Å². The van der Waals surface area contributed by atoms with E-state index >= 15 is 0 Å². The van der Waals surface area contributed by atoms with Gasteiger partial charge in [-0.25, -0.2) is 4.98 Å². The van der Waals surface area contributed by atoms with Gasteiger partial charge in [0.05, 0.1) is 23.1 Å². The van der Waals surface area contributed by atoms with Crippen LogP contribution < -0.4 is 15.4 Å². The lowest BCUT2D eigenvalue weighted by molar-refractivity contribution is -0.113. The van der Waals surface area contributed by atoms with Gasteiger partial charge < -0.3 is 15.4 Å². The first-order valence-corrected chi connectivity index (χ1v) is 11.7. The molecule has 10 heteroatoms. The molecule has 0 atom stereocenters. The first-order chi connectivity index (χ1) is 14.6. The second-order valence-electron chi connectivity index (χ2n) is 6.40. The number of carbonyl (C=O) groups is 1. The molecule has 0 bridgehead atoms. The second kappa shape index (κ2) is 9.41. The Morgan fingerprint density at radius 2 is 1.93 bits per heavy atom. The van der Waals surface area contributed by atoms with E-state index in [-0.39, 0.29) is 11.7 Å². The number of amides is 1. The quantitative estimate of drug-likeness (QED) is 0.367. The average Bonchev–Trinajstić information content (AvgIpc) is 3.37. The minimum absolute atomic E-state index is 0.112. The molecule has 0 aliphatic heterocycles. The van der Waals surface area contributed by atoms with Crippen molar-refractivity contribution >= 4 is 60.8 Å². The number of hydrogen-bond acceptors (Lipinski definition) is 9. The van der Waals surface area contributed by atoms with Gasteiger partial charge in [-0.3, -0.25) is 4.79 Å². The number of rotatable bonds is 8. The molecule has 2 aromatic carbocycles. The van der Waals surface area contributed by atoms with Crippen molar-refractivity contribution in [1.29, 1.82) is 0 Å². The van der Waals surface area contributed by atoms with Crippen molar-refractivity contribution in [2.75, 3.05) is 23.5 Å². The molecule has 0 radical (unpaired) electrons. The van der Waals surface area contributed by atoms with Crippen LogP contribution >= 0.6 is 34.4 Å². The van der Waals surface area contributed by atoms with Gasteiger partial charge in [0.2, 0.25) is 11.0 Å². The molecule has 0 aliphatic rings. The number of hydrogen-bond donors (Lipinski definition) is 2. The van der Waals surface area contributed by atoms with E-state index in [4.69, 9.17) is 4.74 Å². The van der Waals surface area contributed by atoms with E-state index in [0.717, 1.165) is 31.0 Å². The Bertz CT molecular complexity index is 1160. The Kier molecular flexibility index (Phi) is 6.46. The van der Waals surface area contributed by atoms with Crippen molar-refractivity contribution < 1.29 is 9.53 Å². The van der Waals surface area contributed by atoms with Crippen LogP contribution in [-0.2, 0) is 11.3 Å². The number of thioether (sulfide) groups is 1. The normalized spacial score (nSPS) is 10.9. The number of anilines is 2. The van der Waals surface area contributed by atoms with Crippen molar-refractivity contribution in [3.63, 3.8) is 0 Å². The van der Waals surface area contributed by atoms with Crippen LogP contribution in [0.1, 0.15) is 11.1 Å². The Labute approximate surface area is 185 Å². The van der Waals surface area contributed by atoms with Gasteiger partial charge in [0.15, 0.2) is 9.47 Å². The second-order valence-corrected chi connectivity index (χ2v) is 9.63. The number of aryl methyl sites for hydroxylation is 1.